The van der Waals surface area contributed by atoms with Gasteiger partial charge in [-0.2, -0.15) is 0 Å². The van der Waals surface area contributed by atoms with Crippen LogP contribution in [0.5, 0.6) is 5.75 Å². The van der Waals surface area contributed by atoms with Gasteiger partial charge in [-0.15, -0.1) is 0 Å². The summed E-state index contributed by atoms with van der Waals surface area (Å²) in [5.74, 6) is -1.29. The van der Waals surface area contributed by atoms with E-state index in [2.05, 4.69) is 0 Å². The van der Waals surface area contributed by atoms with Crippen molar-refractivity contribution in [1.82, 2.24) is 0 Å². The van der Waals surface area contributed by atoms with Crippen LogP contribution in [0.2, 0.25) is 0 Å². The number of aliphatic hydroxyl groups excluding tert-OH is 1. The van der Waals surface area contributed by atoms with E-state index in [9.17, 15) is 9.90 Å². The Hall–Kier alpha value is -2.43. The van der Waals surface area contributed by atoms with E-state index in [0.29, 0.717) is 16.9 Å². The SMILES string of the molecule is O=C(c1ccccc1)C1(Oc2ccccc2)C=C(CO)CO1. The van der Waals surface area contributed by atoms with Crippen molar-refractivity contribution in [2.45, 2.75) is 5.79 Å². The first-order valence-corrected chi connectivity index (χ1v) is 7.03. The molecule has 0 bridgehead atoms. The van der Waals surface area contributed by atoms with Crippen molar-refractivity contribution < 1.29 is 19.4 Å². The summed E-state index contributed by atoms with van der Waals surface area (Å²) in [6.07, 6.45) is 1.56. The third kappa shape index (κ3) is 2.79. The highest BCUT2D eigenvalue weighted by Crippen LogP contribution is 2.30. The highest BCUT2D eigenvalue weighted by molar-refractivity contribution is 6.03. The Morgan fingerprint density at radius 1 is 1.09 bits per heavy atom. The number of aliphatic hydroxyl groups is 1. The third-order valence-corrected chi connectivity index (χ3v) is 3.43. The van der Waals surface area contributed by atoms with Gasteiger partial charge in [-0.25, -0.2) is 0 Å². The lowest BCUT2D eigenvalue weighted by Crippen LogP contribution is -2.43. The smallest absolute Gasteiger partial charge is 0.296 e. The van der Waals surface area contributed by atoms with Crippen LogP contribution in [-0.4, -0.2) is 29.9 Å². The number of ether oxygens (including phenoxy) is 2. The molecule has 0 saturated heterocycles. The van der Waals surface area contributed by atoms with Crippen molar-refractivity contribution in [2.75, 3.05) is 13.2 Å². The molecular formula is C18H16O4. The molecule has 0 radical (unpaired) electrons. The molecule has 2 aromatic carbocycles. The van der Waals surface area contributed by atoms with Gasteiger partial charge in [0, 0.05) is 5.56 Å². The summed E-state index contributed by atoms with van der Waals surface area (Å²) in [6.45, 7) is 0.00385. The molecule has 1 aliphatic heterocycles. The summed E-state index contributed by atoms with van der Waals surface area (Å²) in [5, 5.41) is 9.30. The van der Waals surface area contributed by atoms with E-state index in [1.54, 1.807) is 42.5 Å². The highest BCUT2D eigenvalue weighted by atomic mass is 16.7. The monoisotopic (exact) mass is 296 g/mol. The Morgan fingerprint density at radius 3 is 2.32 bits per heavy atom. The molecule has 4 heteroatoms. The molecule has 1 atom stereocenters. The molecule has 0 aliphatic carbocycles. The first-order chi connectivity index (χ1) is 10.7. The molecule has 1 N–H and O–H groups in total. The molecule has 0 saturated carbocycles. The van der Waals surface area contributed by atoms with Crippen LogP contribution in [-0.2, 0) is 4.74 Å². The Kier molecular flexibility index (Phi) is 4.04. The molecule has 0 spiro atoms. The number of rotatable bonds is 5. The predicted octanol–water partition coefficient (Wildman–Crippen LogP) is 2.59. The molecule has 4 nitrogen and oxygen atoms in total. The quantitative estimate of drug-likeness (QED) is 0.680. The fourth-order valence-electron chi connectivity index (χ4n) is 2.33. The van der Waals surface area contributed by atoms with Gasteiger partial charge in [-0.05, 0) is 23.8 Å². The largest absolute Gasteiger partial charge is 0.451 e. The summed E-state index contributed by atoms with van der Waals surface area (Å²) in [4.78, 5) is 12.9. The molecule has 1 aliphatic rings. The van der Waals surface area contributed by atoms with E-state index in [-0.39, 0.29) is 19.0 Å². The number of benzene rings is 2. The first-order valence-electron chi connectivity index (χ1n) is 7.03. The molecule has 2 aromatic rings. The standard InChI is InChI=1S/C18H16O4/c19-12-14-11-18(21-13-14,22-16-9-5-2-6-10-16)17(20)15-7-3-1-4-8-15/h1-11,19H,12-13H2. The lowest BCUT2D eigenvalue weighted by Gasteiger charge is -2.26. The van der Waals surface area contributed by atoms with Crippen LogP contribution in [0.15, 0.2) is 72.3 Å². The minimum absolute atomic E-state index is 0.165. The van der Waals surface area contributed by atoms with Crippen LogP contribution in [0.25, 0.3) is 0 Å². The van der Waals surface area contributed by atoms with Crippen LogP contribution in [0.1, 0.15) is 10.4 Å². The summed E-state index contributed by atoms with van der Waals surface area (Å²) in [6, 6.07) is 17.9. The van der Waals surface area contributed by atoms with Crippen molar-refractivity contribution in [3.8, 4) is 5.75 Å². The Morgan fingerprint density at radius 2 is 1.73 bits per heavy atom. The van der Waals surface area contributed by atoms with Gasteiger partial charge in [0.25, 0.3) is 5.79 Å². The number of hydrogen-bond donors (Lipinski definition) is 1. The molecule has 22 heavy (non-hydrogen) atoms. The average molecular weight is 296 g/mol. The Bertz CT molecular complexity index is 679. The van der Waals surface area contributed by atoms with Crippen molar-refractivity contribution >= 4 is 5.78 Å². The highest BCUT2D eigenvalue weighted by Gasteiger charge is 2.44. The second-order valence-electron chi connectivity index (χ2n) is 5.03. The van der Waals surface area contributed by atoms with Crippen LogP contribution in [0.3, 0.4) is 0 Å². The number of carbonyl (C=O) groups is 1. The third-order valence-electron chi connectivity index (χ3n) is 3.43. The molecule has 3 rings (SSSR count). The summed E-state index contributed by atoms with van der Waals surface area (Å²) in [7, 11) is 0. The van der Waals surface area contributed by atoms with E-state index in [1.807, 2.05) is 24.3 Å². The maximum Gasteiger partial charge on any atom is 0.296 e. The van der Waals surface area contributed by atoms with E-state index in [1.165, 1.54) is 0 Å². The van der Waals surface area contributed by atoms with Gasteiger partial charge in [0.05, 0.1) is 13.2 Å². The first kappa shape index (κ1) is 14.5. The van der Waals surface area contributed by atoms with Gasteiger partial charge in [0.2, 0.25) is 5.78 Å². The number of ketones is 1. The van der Waals surface area contributed by atoms with Crippen LogP contribution < -0.4 is 4.74 Å². The van der Waals surface area contributed by atoms with Gasteiger partial charge in [0.1, 0.15) is 5.75 Å². The molecule has 112 valence electrons. The van der Waals surface area contributed by atoms with Crippen molar-refractivity contribution in [3.63, 3.8) is 0 Å². The topological polar surface area (TPSA) is 55.8 Å². The lowest BCUT2D eigenvalue weighted by atomic mass is 10.0. The van der Waals surface area contributed by atoms with Crippen molar-refractivity contribution in [2.24, 2.45) is 0 Å². The molecule has 0 fully saturated rings. The number of para-hydroxylation sites is 1. The summed E-state index contributed by atoms with van der Waals surface area (Å²) in [5.41, 5.74) is 1.12. The van der Waals surface area contributed by atoms with Gasteiger partial charge < -0.3 is 14.6 Å². The summed E-state index contributed by atoms with van der Waals surface area (Å²) < 4.78 is 11.5. The van der Waals surface area contributed by atoms with Crippen LogP contribution in [0, 0.1) is 0 Å². The summed E-state index contributed by atoms with van der Waals surface area (Å²) >= 11 is 0. The lowest BCUT2D eigenvalue weighted by molar-refractivity contribution is -0.0935. The molecular weight excluding hydrogens is 280 g/mol. The molecule has 0 amide bonds. The average Bonchev–Trinajstić information content (AvgIpc) is 3.00. The second-order valence-corrected chi connectivity index (χ2v) is 5.03. The zero-order chi connectivity index (χ0) is 15.4. The predicted molar refractivity (Wildman–Crippen MR) is 81.7 cm³/mol. The Balaban J connectivity index is 1.97. The zero-order valence-corrected chi connectivity index (χ0v) is 11.9. The number of Topliss-reactive ketones (excluding diaryl/α,β-unsaturated/α-hetero) is 1. The van der Waals surface area contributed by atoms with Gasteiger partial charge >= 0.3 is 0 Å². The fraction of sp³-hybridized carbons (Fsp3) is 0.167. The van der Waals surface area contributed by atoms with Crippen molar-refractivity contribution in [3.05, 3.63) is 77.9 Å². The minimum atomic E-state index is -1.53. The van der Waals surface area contributed by atoms with E-state index in [0.717, 1.165) is 0 Å². The van der Waals surface area contributed by atoms with Gasteiger partial charge in [-0.3, -0.25) is 4.79 Å². The van der Waals surface area contributed by atoms with E-state index in [4.69, 9.17) is 9.47 Å². The fourth-order valence-corrected chi connectivity index (χ4v) is 2.33. The number of carbonyl (C=O) groups excluding carboxylic acids is 1. The van der Waals surface area contributed by atoms with E-state index < -0.39 is 5.79 Å². The maximum atomic E-state index is 12.9. The normalized spacial score (nSPS) is 20.5. The van der Waals surface area contributed by atoms with Crippen LogP contribution >= 0.6 is 0 Å². The maximum absolute atomic E-state index is 12.9. The Labute approximate surface area is 128 Å². The second kappa shape index (κ2) is 6.13. The van der Waals surface area contributed by atoms with Crippen molar-refractivity contribution in [1.29, 1.82) is 0 Å². The zero-order valence-electron chi connectivity index (χ0n) is 11.9. The van der Waals surface area contributed by atoms with Gasteiger partial charge in [-0.1, -0.05) is 48.5 Å². The minimum Gasteiger partial charge on any atom is -0.451 e. The molecule has 0 aromatic heterocycles. The number of hydrogen-bond acceptors (Lipinski definition) is 4. The van der Waals surface area contributed by atoms with E-state index >= 15 is 0 Å². The van der Waals surface area contributed by atoms with Crippen LogP contribution in [0.4, 0.5) is 0 Å². The van der Waals surface area contributed by atoms with Gasteiger partial charge in [0.15, 0.2) is 0 Å². The molecule has 1 heterocycles. The molecule has 1 unspecified atom stereocenters.